The molecule has 1 aliphatic heterocycles. The summed E-state index contributed by atoms with van der Waals surface area (Å²) in [5.74, 6) is -0.0384. The second-order valence-corrected chi connectivity index (χ2v) is 26.8. The van der Waals surface area contributed by atoms with Crippen LogP contribution in [0.3, 0.4) is 0 Å². The first-order chi connectivity index (χ1) is 59.2. The number of ether oxygens (including phenoxy) is 1. The number of esters is 2. The van der Waals surface area contributed by atoms with Crippen molar-refractivity contribution in [2.75, 3.05) is 72.0 Å². The molecule has 0 fully saturated rings. The van der Waals surface area contributed by atoms with Gasteiger partial charge in [-0.25, -0.2) is 29.7 Å². The summed E-state index contributed by atoms with van der Waals surface area (Å²) in [7, 11) is 6.18. The smallest absolute Gasteiger partial charge is 1.00 e. The van der Waals surface area contributed by atoms with E-state index in [1.807, 2.05) is 44.2 Å². The topological polar surface area (TPSA) is 551 Å². The van der Waals surface area contributed by atoms with Gasteiger partial charge in [-0.1, -0.05) is 150 Å². The van der Waals surface area contributed by atoms with Crippen molar-refractivity contribution in [1.29, 1.82) is 0 Å². The number of para-hydroxylation sites is 4. The zero-order valence-electron chi connectivity index (χ0n) is 69.7. The SMILES string of the molecule is CCC(=O)c1ccccc1N.CN.CNC(=O)c1ccccc1Nc1nc(Cl)ncc1Cl.CNC(=O)c1ccccc1Nc1nc(Nc2cc(N)ccc2C)ncc1Cl.CNC(=O)c1ccccc1Nc1nc(Nc2cc([N+](=O)[O-])ccc2C)ncc1Cl.Cc1ccc([N+](=O)[O-])cc1N.Clc1ncc(Cl)c(Cl)n1.O=C1Cc2ccccc2C(=O)O1.O=CO[O-].[H-].[K+].[K+]. The molecule has 5 heterocycles. The maximum absolute atomic E-state index is 12.1. The molecule has 13 rings (SSSR count). The third kappa shape index (κ3) is 35.6. The molecule has 648 valence electrons. The molecule has 0 saturated carbocycles. The number of Topliss-reactive ketones (excluding diaryl/α,β-unsaturated/α-hetero) is 1. The zero-order valence-corrected chi connectivity index (χ0v) is 80.2. The average Bonchev–Trinajstić information content (AvgIpc) is 0.829. The van der Waals surface area contributed by atoms with Gasteiger partial charge in [0.05, 0.1) is 91.1 Å². The quantitative estimate of drug-likeness (QED) is 0.00325. The van der Waals surface area contributed by atoms with E-state index < -0.39 is 21.8 Å². The van der Waals surface area contributed by atoms with Crippen LogP contribution in [0, 0.1) is 41.0 Å². The number of hydrogen-bond acceptors (Lipinski definition) is 31. The van der Waals surface area contributed by atoms with Crippen LogP contribution >= 0.6 is 81.2 Å². The number of cyclic esters (lactones) is 2. The minimum atomic E-state index is -0.540. The Balaban J connectivity index is 0.000000513. The number of ketones is 1. The normalized spacial score (nSPS) is 10.1. The van der Waals surface area contributed by atoms with Crippen molar-refractivity contribution < 1.29 is 162 Å². The van der Waals surface area contributed by atoms with Gasteiger partial charge >= 0.3 is 115 Å². The summed E-state index contributed by atoms with van der Waals surface area (Å²) >= 11 is 40.4. The van der Waals surface area contributed by atoms with Crippen molar-refractivity contribution in [2.24, 2.45) is 5.73 Å². The van der Waals surface area contributed by atoms with Crippen LogP contribution in [-0.4, -0.2) is 120 Å². The third-order valence-electron chi connectivity index (χ3n) is 15.9. The number of nitrogen functional groups attached to an aromatic ring is 3. The maximum Gasteiger partial charge on any atom is 1.00 e. The number of nitro groups is 2. The van der Waals surface area contributed by atoms with Crippen molar-refractivity contribution in [1.82, 2.24) is 55.8 Å². The Morgan fingerprint density at radius 1 is 0.484 bits per heavy atom. The van der Waals surface area contributed by atoms with Gasteiger partial charge in [0.15, 0.2) is 28.4 Å². The number of nitrogens with one attached hydrogen (secondary N) is 8. The van der Waals surface area contributed by atoms with Crippen LogP contribution in [0.4, 0.5) is 86.2 Å². The van der Waals surface area contributed by atoms with Crippen LogP contribution in [0.5, 0.6) is 0 Å². The number of non-ortho nitro benzene ring substituents is 2. The number of rotatable bonds is 18. The molecule has 4 aromatic heterocycles. The van der Waals surface area contributed by atoms with Crippen molar-refractivity contribution in [3.05, 3.63) is 307 Å². The van der Waals surface area contributed by atoms with Gasteiger partial charge in [0, 0.05) is 80.1 Å². The number of amides is 3. The summed E-state index contributed by atoms with van der Waals surface area (Å²) in [5.41, 5.74) is 31.9. The van der Waals surface area contributed by atoms with E-state index >= 15 is 0 Å². The van der Waals surface area contributed by atoms with Crippen molar-refractivity contribution >= 4 is 209 Å². The summed E-state index contributed by atoms with van der Waals surface area (Å²) in [6.45, 7) is 7.21. The second kappa shape index (κ2) is 57.0. The molecule has 1 aliphatic rings. The molecule has 0 radical (unpaired) electrons. The Hall–Kier alpha value is -10.8. The van der Waals surface area contributed by atoms with E-state index in [4.69, 9.17) is 108 Å². The maximum atomic E-state index is 12.1. The van der Waals surface area contributed by atoms with Crippen LogP contribution in [-0.2, 0) is 25.6 Å². The minimum absolute atomic E-state index is 0. The number of carbonyl (C=O) groups excluding carboxylic acids is 7. The molecule has 12 aromatic rings. The van der Waals surface area contributed by atoms with Gasteiger partial charge in [-0.3, -0.25) is 49.0 Å². The monoisotopic (exact) mass is 1910 g/mol. The molecule has 3 amide bonds. The van der Waals surface area contributed by atoms with E-state index in [0.717, 1.165) is 27.9 Å². The van der Waals surface area contributed by atoms with E-state index in [1.54, 1.807) is 156 Å². The first-order valence-corrected chi connectivity index (χ1v) is 38.3. The fourth-order valence-corrected chi connectivity index (χ4v) is 10.7. The van der Waals surface area contributed by atoms with Crippen LogP contribution in [0.25, 0.3) is 0 Å². The molecule has 8 aromatic carbocycles. The molecule has 36 nitrogen and oxygen atoms in total. The van der Waals surface area contributed by atoms with Crippen LogP contribution in [0.2, 0.25) is 35.8 Å². The van der Waals surface area contributed by atoms with Gasteiger partial charge in [-0.2, -0.15) is 15.0 Å². The van der Waals surface area contributed by atoms with Gasteiger partial charge in [0.2, 0.25) is 22.5 Å². The van der Waals surface area contributed by atoms with E-state index in [2.05, 4.69) is 97.8 Å². The molecule has 0 spiro atoms. The molecule has 0 atom stereocenters. The second-order valence-electron chi connectivity index (χ2n) is 24.2. The summed E-state index contributed by atoms with van der Waals surface area (Å²) in [6, 6.07) is 49.5. The third-order valence-corrected chi connectivity index (χ3v) is 17.7. The van der Waals surface area contributed by atoms with Crippen LogP contribution in [0.15, 0.2) is 201 Å². The number of nitrogens with zero attached hydrogens (tertiary/aromatic N) is 10. The molecule has 0 saturated heterocycles. The molecule has 0 bridgehead atoms. The van der Waals surface area contributed by atoms with Gasteiger partial charge in [0.25, 0.3) is 35.6 Å². The Morgan fingerprint density at radius 2 is 0.865 bits per heavy atom. The van der Waals surface area contributed by atoms with Crippen LogP contribution < -0.4 is 173 Å². The largest absolute Gasteiger partial charge is 1.00 e. The van der Waals surface area contributed by atoms with E-state index in [9.17, 15) is 49.0 Å². The van der Waals surface area contributed by atoms with Gasteiger partial charge in [0.1, 0.15) is 15.1 Å². The molecule has 0 unspecified atom stereocenters. The first-order valence-electron chi connectivity index (χ1n) is 35.7. The van der Waals surface area contributed by atoms with E-state index in [-0.39, 0.29) is 184 Å². The average molecular weight is 1910 g/mol. The fraction of sp³-hybridized carbons (Fsp3) is 0.123. The Labute approximate surface area is 843 Å². The zero-order chi connectivity index (χ0) is 91.7. The molecule has 0 aliphatic carbocycles. The van der Waals surface area contributed by atoms with Crippen LogP contribution in [0.1, 0.15) is 88.8 Å². The standard InChI is InChI=1S/C19H17ClN6O3.C19H19ClN6O.C12H10Cl2N4O.C9H11NO.C9H6O3.C7H8N2O2.C4HCl3N2.CH5N.CH2O3.2K.H/c1-11-7-8-12(26(28)29)9-16(11)24-19-22-10-14(20)17(25-19)23-15-6-4-3-5-13(15)18(27)21-2;1-11-7-8-12(21)9-16(11)25-19-23-10-14(20)17(26-19)24-15-6-4-3-5-13(15)18(27)22-2;1-15-11(19)7-4-2-3-5-9(7)17-10-8(13)6-16-12(14)18-10;1-2-9(11)7-5-3-4-6-8(7)10;10-8-5-6-3-1-2-4-7(6)9(11)12-8;1-5-2-3-6(9(10)11)4-7(5)8;5-2-1-8-4(7)9-3(2)6;1-2;2-1-4-3;;;/h3-10H,1-2H3,(H,21,27)(H2,22,23,24,25);3-10H,21H2,1-2H3,(H,22,27)(H2,23,24,25,26);2-6H,1H3,(H,15,19)(H,16,17,18);3-6H,2,10H2,1H3;1-4H,5H2;2-4H,8H2,1H3;1H;2H2,1H3;1,3H;;;/q;;;;;;;;;2*+1;-1/p-1. The van der Waals surface area contributed by atoms with E-state index in [1.165, 1.54) is 56.1 Å². The van der Waals surface area contributed by atoms with Gasteiger partial charge in [-0.15, -0.1) is 0 Å². The summed E-state index contributed by atoms with van der Waals surface area (Å²) in [4.78, 5) is 132. The molecule has 126 heavy (non-hydrogen) atoms. The van der Waals surface area contributed by atoms with Crippen molar-refractivity contribution in [3.63, 3.8) is 0 Å². The Kier molecular flexibility index (Phi) is 49.5. The Morgan fingerprint density at radius 3 is 1.29 bits per heavy atom. The summed E-state index contributed by atoms with van der Waals surface area (Å²) in [6.07, 6.45) is 6.33. The number of fused-ring (bicyclic) bond motifs is 1. The summed E-state index contributed by atoms with van der Waals surface area (Å²) < 4.78 is 4.43. The predicted molar refractivity (Wildman–Crippen MR) is 479 cm³/mol. The molecular weight excluding hydrogens is 1830 g/mol. The molecule has 45 heteroatoms. The Bertz CT molecular complexity index is 5780. The molecular formula is C81H79Cl7K2N22O14. The number of aromatic nitrogens is 8. The van der Waals surface area contributed by atoms with Gasteiger partial charge < -0.3 is 81.8 Å². The number of carbonyl (C=O) groups is 7. The van der Waals surface area contributed by atoms with Gasteiger partial charge in [-0.05, 0) is 140 Å². The van der Waals surface area contributed by atoms with Crippen molar-refractivity contribution in [3.8, 4) is 0 Å². The number of aryl methyl sites for hydroxylation is 3. The number of anilines is 13. The fourth-order valence-electron chi connectivity index (χ4n) is 9.73. The number of nitro benzene ring substituents is 2. The number of halogens is 7. The summed E-state index contributed by atoms with van der Waals surface area (Å²) in [5, 5.41) is 54.2. The first kappa shape index (κ1) is 109. The van der Waals surface area contributed by atoms with E-state index in [0.29, 0.717) is 107 Å². The van der Waals surface area contributed by atoms with Crippen molar-refractivity contribution in [2.45, 2.75) is 40.5 Å². The molecule has 16 N–H and O–H groups in total. The predicted octanol–water partition coefficient (Wildman–Crippen LogP) is 9.79. The minimum Gasteiger partial charge on any atom is -1.00 e. The number of hydrogen-bond donors (Lipinski definition) is 12. The number of benzene rings is 8. The number of nitrogens with two attached hydrogens (primary N) is 4.